The van der Waals surface area contributed by atoms with Crippen LogP contribution in [0.2, 0.25) is 0 Å². The Morgan fingerprint density at radius 3 is 2.29 bits per heavy atom. The average molecular weight is 332 g/mol. The molecule has 2 saturated heterocycles. The highest BCUT2D eigenvalue weighted by Crippen LogP contribution is 2.19. The Kier molecular flexibility index (Phi) is 6.07. The highest BCUT2D eigenvalue weighted by Gasteiger charge is 2.16. The molecular formula is C18H28N4O2. The van der Waals surface area contributed by atoms with Gasteiger partial charge in [-0.05, 0) is 30.8 Å². The fraction of sp³-hybridized carbons (Fsp3) is 0.611. The lowest BCUT2D eigenvalue weighted by Crippen LogP contribution is -2.46. The lowest BCUT2D eigenvalue weighted by Gasteiger charge is -2.35. The summed E-state index contributed by atoms with van der Waals surface area (Å²) >= 11 is 0. The number of benzene rings is 1. The number of anilines is 2. The Morgan fingerprint density at radius 2 is 1.67 bits per heavy atom. The minimum Gasteiger partial charge on any atom is -0.379 e. The van der Waals surface area contributed by atoms with Crippen LogP contribution in [0.3, 0.4) is 0 Å². The van der Waals surface area contributed by atoms with E-state index in [1.54, 1.807) is 0 Å². The first-order valence-corrected chi connectivity index (χ1v) is 8.92. The molecule has 1 N–H and O–H groups in total. The van der Waals surface area contributed by atoms with Gasteiger partial charge in [0.05, 0.1) is 19.8 Å². The summed E-state index contributed by atoms with van der Waals surface area (Å²) in [6.07, 6.45) is 0. The van der Waals surface area contributed by atoms with Crippen LogP contribution >= 0.6 is 0 Å². The van der Waals surface area contributed by atoms with Crippen LogP contribution in [0, 0.1) is 0 Å². The zero-order chi connectivity index (χ0) is 16.8. The number of hydrogen-bond donors (Lipinski definition) is 1. The summed E-state index contributed by atoms with van der Waals surface area (Å²) in [5.41, 5.74) is 2.10. The van der Waals surface area contributed by atoms with Crippen molar-refractivity contribution in [3.05, 3.63) is 24.3 Å². The molecular weight excluding hydrogens is 304 g/mol. The van der Waals surface area contributed by atoms with Crippen LogP contribution in [0.25, 0.3) is 0 Å². The number of amides is 1. The predicted molar refractivity (Wildman–Crippen MR) is 96.7 cm³/mol. The smallest absolute Gasteiger partial charge is 0.238 e. The summed E-state index contributed by atoms with van der Waals surface area (Å²) in [6.45, 7) is 11.2. The molecule has 0 atom stereocenters. The lowest BCUT2D eigenvalue weighted by atomic mass is 10.2. The number of ether oxygens (including phenoxy) is 1. The molecule has 1 amide bonds. The normalized spacial score (nSPS) is 20.1. The minimum atomic E-state index is 0.0428. The van der Waals surface area contributed by atoms with Gasteiger partial charge >= 0.3 is 0 Å². The number of rotatable bonds is 5. The average Bonchev–Trinajstić information content (AvgIpc) is 2.63. The van der Waals surface area contributed by atoms with Crippen molar-refractivity contribution in [2.24, 2.45) is 0 Å². The Balaban J connectivity index is 1.48. The number of morpholine rings is 1. The summed E-state index contributed by atoms with van der Waals surface area (Å²) in [5, 5.41) is 2.99. The van der Waals surface area contributed by atoms with E-state index in [-0.39, 0.29) is 5.91 Å². The monoisotopic (exact) mass is 332 g/mol. The van der Waals surface area contributed by atoms with Crippen molar-refractivity contribution in [3.8, 4) is 0 Å². The van der Waals surface area contributed by atoms with Crippen molar-refractivity contribution in [2.75, 3.05) is 75.8 Å². The van der Waals surface area contributed by atoms with Crippen LogP contribution in [0.15, 0.2) is 24.3 Å². The SMILES string of the molecule is CCN1CCN(c2ccc(NC(=O)CN3CCOCC3)cc2)CC1. The van der Waals surface area contributed by atoms with Gasteiger partial charge in [-0.15, -0.1) is 0 Å². The maximum atomic E-state index is 12.1. The summed E-state index contributed by atoms with van der Waals surface area (Å²) in [5.74, 6) is 0.0428. The molecule has 6 nitrogen and oxygen atoms in total. The van der Waals surface area contributed by atoms with Crippen molar-refractivity contribution in [1.82, 2.24) is 9.80 Å². The summed E-state index contributed by atoms with van der Waals surface area (Å²) in [6, 6.07) is 8.20. The second kappa shape index (κ2) is 8.46. The van der Waals surface area contributed by atoms with Gasteiger partial charge in [-0.2, -0.15) is 0 Å². The van der Waals surface area contributed by atoms with Crippen LogP contribution in [0.4, 0.5) is 11.4 Å². The number of carbonyl (C=O) groups excluding carboxylic acids is 1. The van der Waals surface area contributed by atoms with Crippen molar-refractivity contribution in [1.29, 1.82) is 0 Å². The van der Waals surface area contributed by atoms with E-state index < -0.39 is 0 Å². The van der Waals surface area contributed by atoms with E-state index in [2.05, 4.69) is 39.1 Å². The topological polar surface area (TPSA) is 48.0 Å². The largest absolute Gasteiger partial charge is 0.379 e. The zero-order valence-electron chi connectivity index (χ0n) is 14.5. The van der Waals surface area contributed by atoms with Crippen LogP contribution in [0.5, 0.6) is 0 Å². The molecule has 0 bridgehead atoms. The van der Waals surface area contributed by atoms with Gasteiger partial charge in [0.2, 0.25) is 5.91 Å². The van der Waals surface area contributed by atoms with Crippen molar-refractivity contribution in [3.63, 3.8) is 0 Å². The molecule has 2 aliphatic rings. The molecule has 6 heteroatoms. The lowest BCUT2D eigenvalue weighted by molar-refractivity contribution is -0.118. The Hall–Kier alpha value is -1.63. The molecule has 24 heavy (non-hydrogen) atoms. The predicted octanol–water partition coefficient (Wildman–Crippen LogP) is 1.10. The Labute approximate surface area is 144 Å². The van der Waals surface area contributed by atoms with Gasteiger partial charge in [-0.25, -0.2) is 0 Å². The van der Waals surface area contributed by atoms with E-state index in [1.165, 1.54) is 5.69 Å². The van der Waals surface area contributed by atoms with Crippen molar-refractivity contribution < 1.29 is 9.53 Å². The van der Waals surface area contributed by atoms with Crippen LogP contribution < -0.4 is 10.2 Å². The van der Waals surface area contributed by atoms with Crippen molar-refractivity contribution >= 4 is 17.3 Å². The van der Waals surface area contributed by atoms with Crippen molar-refractivity contribution in [2.45, 2.75) is 6.92 Å². The van der Waals surface area contributed by atoms with E-state index in [0.717, 1.165) is 51.5 Å². The summed E-state index contributed by atoms with van der Waals surface area (Å²) in [7, 11) is 0. The third kappa shape index (κ3) is 4.69. The van der Waals surface area contributed by atoms with Gasteiger partial charge in [0.1, 0.15) is 0 Å². The van der Waals surface area contributed by atoms with Crippen LogP contribution in [-0.4, -0.2) is 81.3 Å². The number of likely N-dealkylation sites (N-methyl/N-ethyl adjacent to an activating group) is 1. The fourth-order valence-electron chi connectivity index (χ4n) is 3.24. The van der Waals surface area contributed by atoms with E-state index >= 15 is 0 Å². The molecule has 0 unspecified atom stereocenters. The molecule has 0 saturated carbocycles. The zero-order valence-corrected chi connectivity index (χ0v) is 14.5. The first kappa shape index (κ1) is 17.2. The molecule has 0 aliphatic carbocycles. The molecule has 2 fully saturated rings. The molecule has 3 rings (SSSR count). The number of piperazine rings is 1. The van der Waals surface area contributed by atoms with E-state index in [1.807, 2.05) is 12.1 Å². The van der Waals surface area contributed by atoms with Gasteiger partial charge in [0, 0.05) is 50.6 Å². The van der Waals surface area contributed by atoms with E-state index in [4.69, 9.17) is 4.74 Å². The number of nitrogens with zero attached hydrogens (tertiary/aromatic N) is 3. The summed E-state index contributed by atoms with van der Waals surface area (Å²) < 4.78 is 5.30. The second-order valence-electron chi connectivity index (χ2n) is 6.40. The molecule has 2 aliphatic heterocycles. The maximum Gasteiger partial charge on any atom is 0.238 e. The molecule has 132 valence electrons. The van der Waals surface area contributed by atoms with E-state index in [9.17, 15) is 4.79 Å². The molecule has 0 spiro atoms. The molecule has 1 aromatic carbocycles. The first-order valence-electron chi connectivity index (χ1n) is 8.92. The molecule has 0 radical (unpaired) electrons. The third-order valence-corrected chi connectivity index (χ3v) is 4.81. The maximum absolute atomic E-state index is 12.1. The Morgan fingerprint density at radius 1 is 1.00 bits per heavy atom. The van der Waals surface area contributed by atoms with E-state index in [0.29, 0.717) is 19.8 Å². The molecule has 1 aromatic rings. The molecule has 2 heterocycles. The minimum absolute atomic E-state index is 0.0428. The highest BCUT2D eigenvalue weighted by molar-refractivity contribution is 5.92. The second-order valence-corrected chi connectivity index (χ2v) is 6.40. The Bertz CT molecular complexity index is 520. The number of carbonyl (C=O) groups is 1. The fourth-order valence-corrected chi connectivity index (χ4v) is 3.24. The van der Waals surface area contributed by atoms with Gasteiger partial charge < -0.3 is 19.9 Å². The van der Waals surface area contributed by atoms with Gasteiger partial charge in [-0.1, -0.05) is 6.92 Å². The van der Waals surface area contributed by atoms with Gasteiger partial charge in [0.15, 0.2) is 0 Å². The first-order chi connectivity index (χ1) is 11.7. The highest BCUT2D eigenvalue weighted by atomic mass is 16.5. The van der Waals surface area contributed by atoms with Gasteiger partial charge in [-0.3, -0.25) is 9.69 Å². The molecule has 0 aromatic heterocycles. The number of nitrogens with one attached hydrogen (secondary N) is 1. The standard InChI is InChI=1S/C18H28N4O2/c1-2-20-7-9-22(10-8-20)17-5-3-16(4-6-17)19-18(23)15-21-11-13-24-14-12-21/h3-6H,2,7-15H2,1H3,(H,19,23). The van der Waals surface area contributed by atoms with Crippen LogP contribution in [-0.2, 0) is 9.53 Å². The number of hydrogen-bond acceptors (Lipinski definition) is 5. The quantitative estimate of drug-likeness (QED) is 0.875. The van der Waals surface area contributed by atoms with Gasteiger partial charge in [0.25, 0.3) is 0 Å². The third-order valence-electron chi connectivity index (χ3n) is 4.81. The summed E-state index contributed by atoms with van der Waals surface area (Å²) in [4.78, 5) is 19.1. The van der Waals surface area contributed by atoms with Crippen LogP contribution in [0.1, 0.15) is 6.92 Å².